The van der Waals surface area contributed by atoms with Crippen LogP contribution in [0.3, 0.4) is 0 Å². The van der Waals surface area contributed by atoms with Gasteiger partial charge in [-0.15, -0.1) is 0 Å². The van der Waals surface area contributed by atoms with Gasteiger partial charge in [-0.1, -0.05) is 47.5 Å². The normalized spacial score (nSPS) is 8.61. The first-order valence-corrected chi connectivity index (χ1v) is 7.20. The predicted molar refractivity (Wildman–Crippen MR) is 81.9 cm³/mol. The van der Waals surface area contributed by atoms with Gasteiger partial charge in [0, 0.05) is 19.3 Å². The molecule has 2 heteroatoms. The highest BCUT2D eigenvalue weighted by Gasteiger charge is 1.99. The molecule has 0 saturated carbocycles. The first-order valence-electron chi connectivity index (χ1n) is 7.20. The standard InChI is InChI=1S/C12H18FN.2C2H6/c1-3-4-5-10-14(2)12-8-6-11(13)7-9-12;2*1-2/h6-9H,3-5,10H2,1-2H3;2*1-2H3. The van der Waals surface area contributed by atoms with Crippen molar-refractivity contribution in [2.75, 3.05) is 18.5 Å². The molecule has 0 atom stereocenters. The van der Waals surface area contributed by atoms with Crippen LogP contribution < -0.4 is 4.90 Å². The van der Waals surface area contributed by atoms with Crippen molar-refractivity contribution >= 4 is 5.69 Å². The number of nitrogens with zero attached hydrogens (tertiary/aromatic N) is 1. The minimum absolute atomic E-state index is 0.171. The fourth-order valence-electron chi connectivity index (χ4n) is 1.42. The van der Waals surface area contributed by atoms with Crippen molar-refractivity contribution in [3.05, 3.63) is 30.1 Å². The van der Waals surface area contributed by atoms with Crippen LogP contribution in [0, 0.1) is 5.82 Å². The molecule has 0 aromatic heterocycles. The molecule has 0 spiro atoms. The molecule has 0 aliphatic rings. The van der Waals surface area contributed by atoms with Crippen molar-refractivity contribution in [1.29, 1.82) is 0 Å². The Hall–Kier alpha value is -1.05. The quantitative estimate of drug-likeness (QED) is 0.627. The molecule has 106 valence electrons. The van der Waals surface area contributed by atoms with E-state index < -0.39 is 0 Å². The molecule has 18 heavy (non-hydrogen) atoms. The molecule has 0 aliphatic carbocycles. The van der Waals surface area contributed by atoms with Gasteiger partial charge in [-0.3, -0.25) is 0 Å². The molecule has 0 amide bonds. The van der Waals surface area contributed by atoms with Gasteiger partial charge in [-0.05, 0) is 30.7 Å². The summed E-state index contributed by atoms with van der Waals surface area (Å²) in [6.07, 6.45) is 3.69. The number of benzene rings is 1. The van der Waals surface area contributed by atoms with Gasteiger partial charge >= 0.3 is 0 Å². The Bertz CT molecular complexity index is 256. The zero-order valence-electron chi connectivity index (χ0n) is 13.0. The summed E-state index contributed by atoms with van der Waals surface area (Å²) in [5.41, 5.74) is 1.09. The van der Waals surface area contributed by atoms with Gasteiger partial charge in [0.15, 0.2) is 0 Å². The predicted octanol–water partition coefficient (Wildman–Crippen LogP) is 5.50. The fourth-order valence-corrected chi connectivity index (χ4v) is 1.42. The van der Waals surface area contributed by atoms with E-state index in [1.54, 1.807) is 0 Å². The third-order valence-electron chi connectivity index (χ3n) is 2.36. The van der Waals surface area contributed by atoms with Crippen molar-refractivity contribution in [1.82, 2.24) is 0 Å². The Morgan fingerprint density at radius 2 is 1.44 bits per heavy atom. The van der Waals surface area contributed by atoms with Crippen LogP contribution >= 0.6 is 0 Å². The Balaban J connectivity index is 0. The van der Waals surface area contributed by atoms with Crippen LogP contribution in [0.1, 0.15) is 53.9 Å². The maximum absolute atomic E-state index is 12.6. The lowest BCUT2D eigenvalue weighted by Crippen LogP contribution is -2.18. The number of unbranched alkanes of at least 4 members (excludes halogenated alkanes) is 2. The van der Waals surface area contributed by atoms with Gasteiger partial charge in [-0.25, -0.2) is 4.39 Å². The first-order chi connectivity index (χ1) is 8.74. The molecule has 0 aliphatic heterocycles. The van der Waals surface area contributed by atoms with Crippen molar-refractivity contribution in [3.63, 3.8) is 0 Å². The van der Waals surface area contributed by atoms with Crippen molar-refractivity contribution in [2.45, 2.75) is 53.9 Å². The number of hydrogen-bond acceptors (Lipinski definition) is 1. The third kappa shape index (κ3) is 9.03. The van der Waals surface area contributed by atoms with Gasteiger partial charge in [0.05, 0.1) is 0 Å². The molecule has 1 nitrogen and oxygen atoms in total. The molecule has 0 radical (unpaired) electrons. The smallest absolute Gasteiger partial charge is 0.123 e. The van der Waals surface area contributed by atoms with Crippen LogP contribution in [0.25, 0.3) is 0 Å². The SMILES string of the molecule is CC.CC.CCCCCN(C)c1ccc(F)cc1. The highest BCUT2D eigenvalue weighted by molar-refractivity contribution is 5.45. The molecule has 0 N–H and O–H groups in total. The van der Waals surface area contributed by atoms with E-state index in [-0.39, 0.29) is 5.82 Å². The Morgan fingerprint density at radius 3 is 1.89 bits per heavy atom. The third-order valence-corrected chi connectivity index (χ3v) is 2.36. The van der Waals surface area contributed by atoms with Gasteiger partial charge in [0.1, 0.15) is 5.82 Å². The topological polar surface area (TPSA) is 3.24 Å². The number of rotatable bonds is 5. The highest BCUT2D eigenvalue weighted by atomic mass is 19.1. The van der Waals surface area contributed by atoms with Gasteiger partial charge in [0.2, 0.25) is 0 Å². The maximum atomic E-state index is 12.6. The van der Waals surface area contributed by atoms with Crippen molar-refractivity contribution < 1.29 is 4.39 Å². The molecule has 0 unspecified atom stereocenters. The van der Waals surface area contributed by atoms with Crippen LogP contribution in [0.4, 0.5) is 10.1 Å². The van der Waals surface area contributed by atoms with E-state index in [4.69, 9.17) is 0 Å². The zero-order chi connectivity index (χ0) is 14.4. The van der Waals surface area contributed by atoms with E-state index in [2.05, 4.69) is 11.8 Å². The van der Waals surface area contributed by atoms with Crippen LogP contribution in [-0.2, 0) is 0 Å². The average Bonchev–Trinajstić information content (AvgIpc) is 2.44. The van der Waals surface area contributed by atoms with E-state index in [1.807, 2.05) is 46.9 Å². The summed E-state index contributed by atoms with van der Waals surface area (Å²) in [5.74, 6) is -0.171. The molecular weight excluding hydrogens is 225 g/mol. The van der Waals surface area contributed by atoms with Gasteiger partial charge in [0.25, 0.3) is 0 Å². The lowest BCUT2D eigenvalue weighted by molar-refractivity contribution is 0.627. The summed E-state index contributed by atoms with van der Waals surface area (Å²) in [5, 5.41) is 0. The number of anilines is 1. The van der Waals surface area contributed by atoms with E-state index >= 15 is 0 Å². The minimum Gasteiger partial charge on any atom is -0.375 e. The van der Waals surface area contributed by atoms with Crippen molar-refractivity contribution in [2.24, 2.45) is 0 Å². The van der Waals surface area contributed by atoms with Gasteiger partial charge < -0.3 is 4.90 Å². The molecular formula is C16H30FN. The summed E-state index contributed by atoms with van der Waals surface area (Å²) in [4.78, 5) is 2.16. The van der Waals surface area contributed by atoms with E-state index in [9.17, 15) is 4.39 Å². The summed E-state index contributed by atoms with van der Waals surface area (Å²) in [7, 11) is 2.04. The molecule has 0 heterocycles. The molecule has 1 rings (SSSR count). The van der Waals surface area contributed by atoms with Crippen LogP contribution in [0.5, 0.6) is 0 Å². The maximum Gasteiger partial charge on any atom is 0.123 e. The van der Waals surface area contributed by atoms with Crippen LogP contribution in [-0.4, -0.2) is 13.6 Å². The minimum atomic E-state index is -0.171. The monoisotopic (exact) mass is 255 g/mol. The number of hydrogen-bond donors (Lipinski definition) is 0. The van der Waals surface area contributed by atoms with E-state index in [0.717, 1.165) is 12.2 Å². The lowest BCUT2D eigenvalue weighted by atomic mass is 10.2. The Kier molecular flexibility index (Phi) is 15.0. The largest absolute Gasteiger partial charge is 0.375 e. The van der Waals surface area contributed by atoms with E-state index in [0.29, 0.717) is 0 Å². The summed E-state index contributed by atoms with van der Waals surface area (Å²) >= 11 is 0. The highest BCUT2D eigenvalue weighted by Crippen LogP contribution is 2.13. The lowest BCUT2D eigenvalue weighted by Gasteiger charge is -2.18. The first kappa shape index (κ1) is 19.3. The fraction of sp³-hybridized carbons (Fsp3) is 0.625. The Morgan fingerprint density at radius 1 is 0.944 bits per heavy atom. The van der Waals surface area contributed by atoms with E-state index in [1.165, 1.54) is 31.4 Å². The molecule has 0 saturated heterocycles. The summed E-state index contributed by atoms with van der Waals surface area (Å²) < 4.78 is 12.6. The van der Waals surface area contributed by atoms with Crippen molar-refractivity contribution in [3.8, 4) is 0 Å². The second kappa shape index (κ2) is 14.0. The summed E-state index contributed by atoms with van der Waals surface area (Å²) in [6.45, 7) is 11.2. The molecule has 1 aromatic rings. The Labute approximate surface area is 113 Å². The molecule has 0 fully saturated rings. The molecule has 0 bridgehead atoms. The average molecular weight is 255 g/mol. The second-order valence-corrected chi connectivity index (χ2v) is 3.61. The van der Waals surface area contributed by atoms with Crippen LogP contribution in [0.15, 0.2) is 24.3 Å². The summed E-state index contributed by atoms with van der Waals surface area (Å²) in [6, 6.07) is 6.65. The van der Waals surface area contributed by atoms with Crippen LogP contribution in [0.2, 0.25) is 0 Å². The molecule has 1 aromatic carbocycles. The van der Waals surface area contributed by atoms with Gasteiger partial charge in [-0.2, -0.15) is 0 Å². The zero-order valence-corrected chi connectivity index (χ0v) is 13.0. The number of halogens is 1. The second-order valence-electron chi connectivity index (χ2n) is 3.61.